The SMILES string of the molecule is C=C1C(=O)C[C@H]2[C@H]1[C@H](OC(=O)C(C)C)C[C@@](C)(O)[C@@H]1CC(=O)[C@](C)(O)[C@H]21. The molecule has 0 saturated heterocycles. The van der Waals surface area contributed by atoms with Gasteiger partial charge in [-0.1, -0.05) is 20.4 Å². The lowest BCUT2D eigenvalue weighted by atomic mass is 9.70. The molecule has 0 aromatic rings. The van der Waals surface area contributed by atoms with Crippen LogP contribution in [0.5, 0.6) is 0 Å². The minimum atomic E-state index is -1.61. The minimum Gasteiger partial charge on any atom is -0.461 e. The third-order valence-electron chi connectivity index (χ3n) is 6.71. The molecule has 0 radical (unpaired) electrons. The first kappa shape index (κ1) is 19.2. The molecule has 0 aromatic heterocycles. The van der Waals surface area contributed by atoms with E-state index < -0.39 is 41.0 Å². The van der Waals surface area contributed by atoms with Gasteiger partial charge in [-0.05, 0) is 25.3 Å². The predicted molar refractivity (Wildman–Crippen MR) is 92.9 cm³/mol. The molecule has 0 aliphatic heterocycles. The van der Waals surface area contributed by atoms with Crippen LogP contribution in [-0.4, -0.2) is 45.1 Å². The number of esters is 1. The number of ketones is 2. The van der Waals surface area contributed by atoms with Gasteiger partial charge in [0, 0.05) is 37.0 Å². The zero-order chi connectivity index (χ0) is 19.6. The molecule has 0 spiro atoms. The number of carbonyl (C=O) groups excluding carboxylic acids is 3. The molecule has 3 fully saturated rings. The van der Waals surface area contributed by atoms with Crippen LogP contribution in [-0.2, 0) is 19.1 Å². The Morgan fingerprint density at radius 3 is 2.42 bits per heavy atom. The molecule has 3 aliphatic carbocycles. The van der Waals surface area contributed by atoms with Crippen molar-refractivity contribution in [1.29, 1.82) is 0 Å². The van der Waals surface area contributed by atoms with Crippen molar-refractivity contribution in [2.45, 2.75) is 64.3 Å². The number of fused-ring (bicyclic) bond motifs is 3. The number of rotatable bonds is 2. The van der Waals surface area contributed by atoms with E-state index in [1.165, 1.54) is 6.92 Å². The van der Waals surface area contributed by atoms with Gasteiger partial charge in [0.25, 0.3) is 0 Å². The molecule has 2 N–H and O–H groups in total. The lowest BCUT2D eigenvalue weighted by molar-refractivity contribution is -0.159. The molecule has 6 heteroatoms. The lowest BCUT2D eigenvalue weighted by Crippen LogP contribution is -2.45. The second kappa shape index (κ2) is 5.99. The lowest BCUT2D eigenvalue weighted by Gasteiger charge is -2.37. The molecule has 144 valence electrons. The highest BCUT2D eigenvalue weighted by Crippen LogP contribution is 2.58. The van der Waals surface area contributed by atoms with Crippen molar-refractivity contribution in [2.24, 2.45) is 29.6 Å². The van der Waals surface area contributed by atoms with Crippen molar-refractivity contribution in [3.05, 3.63) is 12.2 Å². The van der Waals surface area contributed by atoms with Crippen molar-refractivity contribution in [1.82, 2.24) is 0 Å². The Morgan fingerprint density at radius 1 is 1.23 bits per heavy atom. The summed E-state index contributed by atoms with van der Waals surface area (Å²) in [6.07, 6.45) is -0.372. The van der Waals surface area contributed by atoms with Gasteiger partial charge in [0.2, 0.25) is 0 Å². The normalized spacial score (nSPS) is 45.5. The Hall–Kier alpha value is -1.53. The number of carbonyl (C=O) groups is 3. The topological polar surface area (TPSA) is 101 Å². The number of Topliss-reactive ketones (excluding diaryl/α,β-unsaturated/α-hetero) is 2. The van der Waals surface area contributed by atoms with Gasteiger partial charge in [-0.15, -0.1) is 0 Å². The van der Waals surface area contributed by atoms with Gasteiger partial charge < -0.3 is 14.9 Å². The van der Waals surface area contributed by atoms with Crippen LogP contribution in [0.2, 0.25) is 0 Å². The summed E-state index contributed by atoms with van der Waals surface area (Å²) in [6, 6.07) is 0. The summed E-state index contributed by atoms with van der Waals surface area (Å²) in [6.45, 7) is 10.4. The molecular weight excluding hydrogens is 336 g/mol. The fourth-order valence-electron chi connectivity index (χ4n) is 5.29. The van der Waals surface area contributed by atoms with Gasteiger partial charge in [-0.3, -0.25) is 14.4 Å². The highest BCUT2D eigenvalue weighted by atomic mass is 16.5. The van der Waals surface area contributed by atoms with Crippen LogP contribution in [0.25, 0.3) is 0 Å². The molecule has 3 saturated carbocycles. The van der Waals surface area contributed by atoms with E-state index >= 15 is 0 Å². The molecule has 0 amide bonds. The molecular formula is C20H28O6. The summed E-state index contributed by atoms with van der Waals surface area (Å²) >= 11 is 0. The molecule has 6 nitrogen and oxygen atoms in total. The van der Waals surface area contributed by atoms with E-state index in [9.17, 15) is 24.6 Å². The molecule has 0 unspecified atom stereocenters. The quantitative estimate of drug-likeness (QED) is 0.568. The van der Waals surface area contributed by atoms with E-state index in [1.54, 1.807) is 20.8 Å². The van der Waals surface area contributed by atoms with Gasteiger partial charge in [-0.2, -0.15) is 0 Å². The van der Waals surface area contributed by atoms with Crippen molar-refractivity contribution >= 4 is 17.5 Å². The summed E-state index contributed by atoms with van der Waals surface area (Å²) in [5, 5.41) is 22.0. The van der Waals surface area contributed by atoms with Crippen molar-refractivity contribution in [3.63, 3.8) is 0 Å². The summed E-state index contributed by atoms with van der Waals surface area (Å²) in [5.41, 5.74) is -2.54. The van der Waals surface area contributed by atoms with Gasteiger partial charge in [0.1, 0.15) is 11.7 Å². The third-order valence-corrected chi connectivity index (χ3v) is 6.71. The van der Waals surface area contributed by atoms with E-state index in [0.717, 1.165) is 0 Å². The van der Waals surface area contributed by atoms with E-state index in [-0.39, 0.29) is 42.7 Å². The van der Waals surface area contributed by atoms with Crippen LogP contribution < -0.4 is 0 Å². The van der Waals surface area contributed by atoms with E-state index in [2.05, 4.69) is 6.58 Å². The maximum Gasteiger partial charge on any atom is 0.308 e. The van der Waals surface area contributed by atoms with Crippen molar-refractivity contribution < 1.29 is 29.3 Å². The molecule has 26 heavy (non-hydrogen) atoms. The van der Waals surface area contributed by atoms with Crippen molar-refractivity contribution in [2.75, 3.05) is 0 Å². The first-order valence-corrected chi connectivity index (χ1v) is 9.28. The first-order chi connectivity index (χ1) is 11.9. The molecule has 0 heterocycles. The minimum absolute atomic E-state index is 0.0550. The van der Waals surface area contributed by atoms with Crippen LogP contribution in [0, 0.1) is 29.6 Å². The second-order valence-electron chi connectivity index (χ2n) is 8.94. The molecule has 0 bridgehead atoms. The van der Waals surface area contributed by atoms with Gasteiger partial charge in [0.15, 0.2) is 11.6 Å². The van der Waals surface area contributed by atoms with Gasteiger partial charge in [0.05, 0.1) is 11.5 Å². The monoisotopic (exact) mass is 364 g/mol. The maximum absolute atomic E-state index is 12.4. The largest absolute Gasteiger partial charge is 0.461 e. The average molecular weight is 364 g/mol. The molecule has 3 aliphatic rings. The number of hydrogen-bond acceptors (Lipinski definition) is 6. The summed E-state index contributed by atoms with van der Waals surface area (Å²) in [7, 11) is 0. The van der Waals surface area contributed by atoms with E-state index in [1.807, 2.05) is 0 Å². The molecule has 7 atom stereocenters. The fourth-order valence-corrected chi connectivity index (χ4v) is 5.29. The van der Waals surface area contributed by atoms with Gasteiger partial charge >= 0.3 is 5.97 Å². The summed E-state index contributed by atoms with van der Waals surface area (Å²) < 4.78 is 5.68. The van der Waals surface area contributed by atoms with Crippen LogP contribution in [0.3, 0.4) is 0 Å². The number of hydrogen-bond donors (Lipinski definition) is 2. The summed E-state index contributed by atoms with van der Waals surface area (Å²) in [5.74, 6) is -3.08. The fraction of sp³-hybridized carbons (Fsp3) is 0.750. The zero-order valence-electron chi connectivity index (χ0n) is 15.8. The molecule has 3 rings (SSSR count). The standard InChI is InChI=1S/C20H28O6/c1-9(2)18(23)26-14-8-19(4,24)12-7-15(22)20(5,25)17(12)11-6-13(21)10(3)16(11)14/h9,11-12,14,16-17,24-25H,3,6-8H2,1-2,4-5H3/t11-,12+,14+,16-,17+,19+,20-/m0/s1. The summed E-state index contributed by atoms with van der Waals surface area (Å²) in [4.78, 5) is 37.0. The highest BCUT2D eigenvalue weighted by molar-refractivity contribution is 5.99. The van der Waals surface area contributed by atoms with E-state index in [4.69, 9.17) is 4.74 Å². The highest BCUT2D eigenvalue weighted by Gasteiger charge is 2.65. The number of ether oxygens (including phenoxy) is 1. The van der Waals surface area contributed by atoms with Crippen LogP contribution in [0.4, 0.5) is 0 Å². The predicted octanol–water partition coefficient (Wildman–Crippen LogP) is 1.43. The second-order valence-corrected chi connectivity index (χ2v) is 8.94. The smallest absolute Gasteiger partial charge is 0.308 e. The Labute approximate surface area is 153 Å². The Morgan fingerprint density at radius 2 is 1.85 bits per heavy atom. The van der Waals surface area contributed by atoms with Crippen LogP contribution >= 0.6 is 0 Å². The number of aliphatic hydroxyl groups is 2. The first-order valence-electron chi connectivity index (χ1n) is 9.28. The zero-order valence-corrected chi connectivity index (χ0v) is 15.8. The van der Waals surface area contributed by atoms with Crippen LogP contribution in [0.1, 0.15) is 47.0 Å². The Kier molecular flexibility index (Phi) is 4.43. The average Bonchev–Trinajstić information content (AvgIpc) is 2.89. The third kappa shape index (κ3) is 2.74. The Bertz CT molecular complexity index is 674. The molecule has 0 aromatic carbocycles. The Balaban J connectivity index is 2.07. The maximum atomic E-state index is 12.4. The van der Waals surface area contributed by atoms with Crippen molar-refractivity contribution in [3.8, 4) is 0 Å². The van der Waals surface area contributed by atoms with Gasteiger partial charge in [-0.25, -0.2) is 0 Å². The van der Waals surface area contributed by atoms with Crippen LogP contribution in [0.15, 0.2) is 12.2 Å². The van der Waals surface area contributed by atoms with E-state index in [0.29, 0.717) is 5.57 Å².